The van der Waals surface area contributed by atoms with Gasteiger partial charge in [-0.3, -0.25) is 19.3 Å². The first kappa shape index (κ1) is 23.5. The van der Waals surface area contributed by atoms with Crippen molar-refractivity contribution < 1.29 is 32.6 Å². The van der Waals surface area contributed by atoms with Crippen LogP contribution in [0.3, 0.4) is 0 Å². The molecule has 0 aromatic heterocycles. The first-order chi connectivity index (χ1) is 14.9. The van der Waals surface area contributed by atoms with Gasteiger partial charge in [-0.15, -0.1) is 0 Å². The molecule has 2 atom stereocenters. The molecule has 32 heavy (non-hydrogen) atoms. The van der Waals surface area contributed by atoms with Gasteiger partial charge in [-0.25, -0.2) is 8.42 Å². The third-order valence-electron chi connectivity index (χ3n) is 5.56. The molecule has 0 saturated carbocycles. The molecular formula is C22H26N2O7S. The number of nitrogens with zero attached hydrogens (tertiary/aromatic N) is 1. The molecule has 0 saturated heterocycles. The summed E-state index contributed by atoms with van der Waals surface area (Å²) in [6, 6.07) is 3.45. The van der Waals surface area contributed by atoms with Crippen LogP contribution >= 0.6 is 0 Å². The summed E-state index contributed by atoms with van der Waals surface area (Å²) in [5.74, 6) is -2.04. The van der Waals surface area contributed by atoms with Crippen molar-refractivity contribution in [2.45, 2.75) is 33.2 Å². The Labute approximate surface area is 186 Å². The number of imide groups is 1. The monoisotopic (exact) mass is 462 g/mol. The van der Waals surface area contributed by atoms with Crippen LogP contribution in [-0.4, -0.2) is 60.8 Å². The zero-order valence-electron chi connectivity index (χ0n) is 18.3. The molecule has 1 aromatic carbocycles. The Morgan fingerprint density at radius 2 is 2.00 bits per heavy atom. The molecule has 1 heterocycles. The summed E-state index contributed by atoms with van der Waals surface area (Å²) in [5, 5.41) is 12.7. The smallest absolute Gasteiger partial charge is 0.263 e. The molecule has 172 valence electrons. The number of aliphatic hydroxyl groups excluding tert-OH is 1. The summed E-state index contributed by atoms with van der Waals surface area (Å²) in [6.45, 7) is 5.03. The van der Waals surface area contributed by atoms with E-state index in [4.69, 9.17) is 4.74 Å². The summed E-state index contributed by atoms with van der Waals surface area (Å²) in [5.41, 5.74) is -0.725. The molecule has 0 spiro atoms. The van der Waals surface area contributed by atoms with E-state index in [9.17, 15) is 27.9 Å². The zero-order chi connectivity index (χ0) is 23.8. The van der Waals surface area contributed by atoms with Gasteiger partial charge < -0.3 is 15.2 Å². The first-order valence-electron chi connectivity index (χ1n) is 10.1. The number of allylic oxidation sites excluding steroid dienone is 2. The minimum atomic E-state index is -3.62. The molecule has 0 fully saturated rings. The topological polar surface area (TPSA) is 130 Å². The van der Waals surface area contributed by atoms with E-state index in [2.05, 4.69) is 5.32 Å². The second kappa shape index (κ2) is 8.42. The van der Waals surface area contributed by atoms with Gasteiger partial charge in [0.15, 0.2) is 5.76 Å². The SMILES string of the molecule is CCOC1=C(O)C=CC(C)([C@@H](CS(C)(=O)=O)N2C(=O)c3cccc(NC(C)=O)c3C2=O)C1. The van der Waals surface area contributed by atoms with Crippen molar-refractivity contribution >= 4 is 33.2 Å². The molecule has 3 rings (SSSR count). The first-order valence-corrected chi connectivity index (χ1v) is 12.1. The summed E-state index contributed by atoms with van der Waals surface area (Å²) in [6.07, 6.45) is 4.12. The van der Waals surface area contributed by atoms with Gasteiger partial charge in [0.1, 0.15) is 15.6 Å². The molecule has 1 aliphatic heterocycles. The van der Waals surface area contributed by atoms with Crippen LogP contribution in [0.25, 0.3) is 0 Å². The quantitative estimate of drug-likeness (QED) is 0.595. The van der Waals surface area contributed by atoms with Crippen molar-refractivity contribution in [3.8, 4) is 0 Å². The normalized spacial score (nSPS) is 21.6. The second-order valence-corrected chi connectivity index (χ2v) is 10.4. The van der Waals surface area contributed by atoms with Gasteiger partial charge in [0, 0.05) is 25.0 Å². The predicted molar refractivity (Wildman–Crippen MR) is 118 cm³/mol. The van der Waals surface area contributed by atoms with Gasteiger partial charge in [0.25, 0.3) is 11.8 Å². The number of benzene rings is 1. The van der Waals surface area contributed by atoms with Crippen LogP contribution in [0.15, 0.2) is 41.9 Å². The van der Waals surface area contributed by atoms with Crippen LogP contribution in [0.2, 0.25) is 0 Å². The maximum Gasteiger partial charge on any atom is 0.263 e. The lowest BCUT2D eigenvalue weighted by molar-refractivity contribution is -0.114. The molecule has 1 unspecified atom stereocenters. The Kier molecular flexibility index (Phi) is 6.19. The Bertz CT molecular complexity index is 1150. The number of carbonyl (C=O) groups excluding carboxylic acids is 3. The van der Waals surface area contributed by atoms with Gasteiger partial charge in [0.2, 0.25) is 5.91 Å². The lowest BCUT2D eigenvalue weighted by Crippen LogP contribution is -2.53. The van der Waals surface area contributed by atoms with Crippen LogP contribution in [0, 0.1) is 5.41 Å². The van der Waals surface area contributed by atoms with Gasteiger partial charge in [0.05, 0.1) is 35.2 Å². The second-order valence-electron chi connectivity index (χ2n) is 8.26. The third-order valence-corrected chi connectivity index (χ3v) is 6.48. The number of fused-ring (bicyclic) bond motifs is 1. The van der Waals surface area contributed by atoms with Crippen molar-refractivity contribution in [3.63, 3.8) is 0 Å². The number of hydrogen-bond acceptors (Lipinski definition) is 7. The lowest BCUT2D eigenvalue weighted by atomic mass is 9.75. The van der Waals surface area contributed by atoms with Crippen LogP contribution in [0.5, 0.6) is 0 Å². The highest BCUT2D eigenvalue weighted by Gasteiger charge is 2.49. The number of nitrogens with one attached hydrogen (secondary N) is 1. The van der Waals surface area contributed by atoms with E-state index >= 15 is 0 Å². The highest BCUT2D eigenvalue weighted by molar-refractivity contribution is 7.90. The van der Waals surface area contributed by atoms with Crippen molar-refractivity contribution in [2.24, 2.45) is 5.41 Å². The number of aliphatic hydroxyl groups is 1. The average Bonchev–Trinajstić information content (AvgIpc) is 2.93. The van der Waals surface area contributed by atoms with Crippen molar-refractivity contribution in [1.29, 1.82) is 0 Å². The average molecular weight is 463 g/mol. The summed E-state index contributed by atoms with van der Waals surface area (Å²) < 4.78 is 30.2. The van der Waals surface area contributed by atoms with Crippen LogP contribution in [0.1, 0.15) is 47.9 Å². The maximum absolute atomic E-state index is 13.4. The number of carbonyl (C=O) groups is 3. The molecule has 0 bridgehead atoms. The number of ether oxygens (including phenoxy) is 1. The van der Waals surface area contributed by atoms with Gasteiger partial charge in [-0.05, 0) is 25.1 Å². The van der Waals surface area contributed by atoms with Crippen LogP contribution < -0.4 is 5.32 Å². The molecule has 1 aromatic rings. The Morgan fingerprint density at radius 3 is 2.59 bits per heavy atom. The number of amides is 3. The molecule has 10 heteroatoms. The summed E-state index contributed by atoms with van der Waals surface area (Å²) in [7, 11) is -3.62. The number of hydrogen-bond donors (Lipinski definition) is 2. The predicted octanol–water partition coefficient (Wildman–Crippen LogP) is 2.43. The van der Waals surface area contributed by atoms with E-state index in [1.807, 2.05) is 0 Å². The standard InChI is InChI=1S/C22H26N2O7S/c1-5-31-17-11-22(3,10-9-16(17)26)18(12-32(4,29)30)24-20(27)14-7-6-8-15(23-13(2)25)19(14)21(24)28/h6-10,18,26H,5,11-12H2,1-4H3,(H,23,25)/t18-,22?/m1/s1. The van der Waals surface area contributed by atoms with E-state index in [0.29, 0.717) is 0 Å². The molecular weight excluding hydrogens is 436 g/mol. The van der Waals surface area contributed by atoms with E-state index in [1.54, 1.807) is 26.0 Å². The molecule has 9 nitrogen and oxygen atoms in total. The highest BCUT2D eigenvalue weighted by Crippen LogP contribution is 2.43. The third kappa shape index (κ3) is 4.40. The Balaban J connectivity index is 2.10. The fourth-order valence-electron chi connectivity index (χ4n) is 4.11. The molecule has 1 aliphatic carbocycles. The van der Waals surface area contributed by atoms with Crippen LogP contribution in [0.4, 0.5) is 5.69 Å². The number of rotatable bonds is 7. The minimum absolute atomic E-state index is 0.0259. The van der Waals surface area contributed by atoms with Crippen molar-refractivity contribution in [3.05, 3.63) is 53.0 Å². The molecule has 2 aliphatic rings. The number of sulfone groups is 1. The Hall–Kier alpha value is -3.14. The Morgan fingerprint density at radius 1 is 1.31 bits per heavy atom. The van der Waals surface area contributed by atoms with E-state index in [0.717, 1.165) is 11.2 Å². The zero-order valence-corrected chi connectivity index (χ0v) is 19.2. The van der Waals surface area contributed by atoms with Gasteiger partial charge >= 0.3 is 0 Å². The molecule has 0 radical (unpaired) electrons. The van der Waals surface area contributed by atoms with Gasteiger partial charge in [-0.1, -0.05) is 19.1 Å². The highest BCUT2D eigenvalue weighted by atomic mass is 32.2. The van der Waals surface area contributed by atoms with Crippen molar-refractivity contribution in [1.82, 2.24) is 4.90 Å². The van der Waals surface area contributed by atoms with Crippen LogP contribution in [-0.2, 0) is 19.4 Å². The maximum atomic E-state index is 13.4. The summed E-state index contributed by atoms with van der Waals surface area (Å²) >= 11 is 0. The summed E-state index contributed by atoms with van der Waals surface area (Å²) in [4.78, 5) is 39.3. The molecule has 3 amide bonds. The fraction of sp³-hybridized carbons (Fsp3) is 0.409. The minimum Gasteiger partial charge on any atom is -0.504 e. The molecule has 2 N–H and O–H groups in total. The largest absolute Gasteiger partial charge is 0.504 e. The fourth-order valence-corrected chi connectivity index (χ4v) is 5.22. The van der Waals surface area contributed by atoms with E-state index in [1.165, 1.54) is 25.1 Å². The van der Waals surface area contributed by atoms with Gasteiger partial charge in [-0.2, -0.15) is 0 Å². The van der Waals surface area contributed by atoms with E-state index < -0.39 is 44.8 Å². The number of anilines is 1. The van der Waals surface area contributed by atoms with E-state index in [-0.39, 0.29) is 41.4 Å². The lowest BCUT2D eigenvalue weighted by Gasteiger charge is -2.41. The van der Waals surface area contributed by atoms with Crippen molar-refractivity contribution in [2.75, 3.05) is 23.9 Å².